The molecular weight excluding hydrogens is 206 g/mol. The molecule has 4 heteroatoms. The molecule has 1 aliphatic carbocycles. The van der Waals surface area contributed by atoms with E-state index in [-0.39, 0.29) is 18.1 Å². The number of piperidine rings is 1. The van der Waals surface area contributed by atoms with Gasteiger partial charge in [-0.15, -0.1) is 0 Å². The Morgan fingerprint density at radius 3 is 2.75 bits per heavy atom. The van der Waals surface area contributed by atoms with E-state index in [9.17, 15) is 9.90 Å². The van der Waals surface area contributed by atoms with E-state index in [0.717, 1.165) is 19.4 Å². The van der Waals surface area contributed by atoms with Gasteiger partial charge < -0.3 is 14.7 Å². The number of carbonyl (C=O) groups excluding carboxylic acids is 1. The third-order valence-electron chi connectivity index (χ3n) is 3.65. The van der Waals surface area contributed by atoms with Crippen LogP contribution in [0.4, 0.5) is 4.79 Å². The first kappa shape index (κ1) is 11.7. The number of aliphatic hydroxyl groups excluding tert-OH is 1. The summed E-state index contributed by atoms with van der Waals surface area (Å²) in [5.41, 5.74) is -0.287. The molecule has 0 radical (unpaired) electrons. The van der Waals surface area contributed by atoms with Crippen LogP contribution >= 0.6 is 0 Å². The van der Waals surface area contributed by atoms with Crippen LogP contribution < -0.4 is 0 Å². The molecule has 1 amide bonds. The minimum absolute atomic E-state index is 0.137. The van der Waals surface area contributed by atoms with Crippen LogP contribution in [0.2, 0.25) is 0 Å². The summed E-state index contributed by atoms with van der Waals surface area (Å²) >= 11 is 0. The lowest BCUT2D eigenvalue weighted by atomic mass is 9.96. The van der Waals surface area contributed by atoms with Crippen molar-refractivity contribution in [2.45, 2.75) is 39.2 Å². The van der Waals surface area contributed by atoms with Gasteiger partial charge in [-0.1, -0.05) is 0 Å². The van der Waals surface area contributed by atoms with Crippen molar-refractivity contribution < 1.29 is 14.6 Å². The molecule has 1 N–H and O–H groups in total. The van der Waals surface area contributed by atoms with E-state index in [1.807, 2.05) is 20.8 Å². The van der Waals surface area contributed by atoms with E-state index < -0.39 is 5.60 Å². The van der Waals surface area contributed by atoms with Crippen molar-refractivity contribution >= 4 is 6.09 Å². The Balaban J connectivity index is 1.87. The van der Waals surface area contributed by atoms with Crippen molar-refractivity contribution in [1.29, 1.82) is 0 Å². The largest absolute Gasteiger partial charge is 0.444 e. The summed E-state index contributed by atoms with van der Waals surface area (Å²) < 4.78 is 5.34. The first-order valence-corrected chi connectivity index (χ1v) is 5.95. The maximum Gasteiger partial charge on any atom is 0.410 e. The third kappa shape index (κ3) is 2.17. The summed E-state index contributed by atoms with van der Waals surface area (Å²) in [4.78, 5) is 13.6. The highest BCUT2D eigenvalue weighted by molar-refractivity contribution is 5.68. The molecule has 2 aliphatic rings. The van der Waals surface area contributed by atoms with Gasteiger partial charge in [0.1, 0.15) is 5.60 Å². The second-order valence-electron chi connectivity index (χ2n) is 6.10. The van der Waals surface area contributed by atoms with E-state index in [4.69, 9.17) is 4.74 Å². The lowest BCUT2D eigenvalue weighted by Crippen LogP contribution is -2.42. The Kier molecular flexibility index (Phi) is 2.65. The molecule has 0 unspecified atom stereocenters. The fraction of sp³-hybridized carbons (Fsp3) is 0.917. The molecule has 1 heterocycles. The van der Waals surface area contributed by atoms with E-state index in [2.05, 4.69) is 0 Å². The molecule has 16 heavy (non-hydrogen) atoms. The number of hydrogen-bond acceptors (Lipinski definition) is 3. The fourth-order valence-corrected chi connectivity index (χ4v) is 2.48. The summed E-state index contributed by atoms with van der Waals surface area (Å²) in [6.07, 6.45) is 1.75. The van der Waals surface area contributed by atoms with Gasteiger partial charge in [0, 0.05) is 25.1 Å². The second-order valence-corrected chi connectivity index (χ2v) is 6.10. The lowest BCUT2D eigenvalue weighted by Gasteiger charge is -2.32. The normalized spacial score (nSPS) is 33.2. The van der Waals surface area contributed by atoms with Crippen LogP contribution in [0.25, 0.3) is 0 Å². The van der Waals surface area contributed by atoms with Gasteiger partial charge in [0.05, 0.1) is 0 Å². The van der Waals surface area contributed by atoms with Gasteiger partial charge in [0.25, 0.3) is 0 Å². The third-order valence-corrected chi connectivity index (χ3v) is 3.65. The van der Waals surface area contributed by atoms with Gasteiger partial charge in [-0.05, 0) is 39.5 Å². The molecule has 1 aliphatic heterocycles. The number of carbonyl (C=O) groups is 1. The van der Waals surface area contributed by atoms with Gasteiger partial charge in [0.2, 0.25) is 0 Å². The van der Waals surface area contributed by atoms with Crippen LogP contribution in [-0.2, 0) is 4.74 Å². The lowest BCUT2D eigenvalue weighted by molar-refractivity contribution is 0.0149. The number of aliphatic hydroxyl groups is 1. The van der Waals surface area contributed by atoms with Gasteiger partial charge in [0.15, 0.2) is 0 Å². The molecule has 0 bridgehead atoms. The smallest absolute Gasteiger partial charge is 0.410 e. The van der Waals surface area contributed by atoms with Crippen molar-refractivity contribution in [3.63, 3.8) is 0 Å². The van der Waals surface area contributed by atoms with Gasteiger partial charge in [-0.2, -0.15) is 0 Å². The van der Waals surface area contributed by atoms with Crippen molar-refractivity contribution in [3.05, 3.63) is 0 Å². The van der Waals surface area contributed by atoms with E-state index in [0.29, 0.717) is 12.5 Å². The molecule has 1 saturated heterocycles. The van der Waals surface area contributed by atoms with Crippen LogP contribution in [0.5, 0.6) is 0 Å². The molecule has 0 aromatic carbocycles. The van der Waals surface area contributed by atoms with Crippen LogP contribution in [-0.4, -0.2) is 41.4 Å². The number of hydrogen-bond donors (Lipinski definition) is 1. The standard InChI is InChI=1S/C12H21NO3/c1-11(2,3)16-10(15)13-5-4-12(8-14)6-9(12)7-13/h9,14H,4-8H2,1-3H3/t9-,12+/m0/s1. The summed E-state index contributed by atoms with van der Waals surface area (Å²) in [6, 6.07) is 0. The van der Waals surface area contributed by atoms with Crippen LogP contribution in [0.3, 0.4) is 0 Å². The highest BCUT2D eigenvalue weighted by Gasteiger charge is 2.56. The average Bonchev–Trinajstić information content (AvgIpc) is 2.88. The van der Waals surface area contributed by atoms with Crippen molar-refractivity contribution in [2.75, 3.05) is 19.7 Å². The zero-order chi connectivity index (χ0) is 12.0. The zero-order valence-electron chi connectivity index (χ0n) is 10.3. The van der Waals surface area contributed by atoms with Gasteiger partial charge >= 0.3 is 6.09 Å². The number of ether oxygens (including phenoxy) is 1. The molecule has 2 fully saturated rings. The fourth-order valence-electron chi connectivity index (χ4n) is 2.48. The Bertz CT molecular complexity index is 297. The first-order chi connectivity index (χ1) is 7.36. The maximum atomic E-state index is 11.8. The predicted molar refractivity (Wildman–Crippen MR) is 60.0 cm³/mol. The minimum Gasteiger partial charge on any atom is -0.444 e. The van der Waals surface area contributed by atoms with Gasteiger partial charge in [-0.25, -0.2) is 4.79 Å². The van der Waals surface area contributed by atoms with Crippen LogP contribution in [0.1, 0.15) is 33.6 Å². The Morgan fingerprint density at radius 2 is 2.25 bits per heavy atom. The molecule has 2 atom stereocenters. The van der Waals surface area contributed by atoms with Crippen LogP contribution in [0.15, 0.2) is 0 Å². The number of rotatable bonds is 1. The van der Waals surface area contributed by atoms with E-state index in [1.165, 1.54) is 0 Å². The van der Waals surface area contributed by atoms with Gasteiger partial charge in [-0.3, -0.25) is 0 Å². The number of likely N-dealkylation sites (tertiary alicyclic amines) is 1. The SMILES string of the molecule is CC(C)(C)OC(=O)N1CC[C@]2(CO)C[C@H]2C1. The van der Waals surface area contributed by atoms with Crippen LogP contribution in [0, 0.1) is 11.3 Å². The van der Waals surface area contributed by atoms with E-state index >= 15 is 0 Å². The minimum atomic E-state index is -0.424. The molecule has 0 aromatic heterocycles. The molecule has 0 aromatic rings. The molecule has 92 valence electrons. The molecule has 0 spiro atoms. The highest BCUT2D eigenvalue weighted by Crippen LogP contribution is 2.57. The number of amides is 1. The molecular formula is C12H21NO3. The highest BCUT2D eigenvalue weighted by atomic mass is 16.6. The zero-order valence-corrected chi connectivity index (χ0v) is 10.3. The summed E-state index contributed by atoms with van der Waals surface area (Å²) in [5.74, 6) is 0.485. The predicted octanol–water partition coefficient (Wildman–Crippen LogP) is 1.63. The van der Waals surface area contributed by atoms with Crippen molar-refractivity contribution in [3.8, 4) is 0 Å². The van der Waals surface area contributed by atoms with E-state index in [1.54, 1.807) is 4.90 Å². The number of fused-ring (bicyclic) bond motifs is 1. The first-order valence-electron chi connectivity index (χ1n) is 5.95. The Hall–Kier alpha value is -0.770. The van der Waals surface area contributed by atoms with Crippen molar-refractivity contribution in [2.24, 2.45) is 11.3 Å². The quantitative estimate of drug-likeness (QED) is 0.740. The molecule has 2 rings (SSSR count). The average molecular weight is 227 g/mol. The molecule has 4 nitrogen and oxygen atoms in total. The monoisotopic (exact) mass is 227 g/mol. The molecule has 1 saturated carbocycles. The maximum absolute atomic E-state index is 11.8. The topological polar surface area (TPSA) is 49.8 Å². The van der Waals surface area contributed by atoms with Crippen molar-refractivity contribution in [1.82, 2.24) is 4.90 Å². The summed E-state index contributed by atoms with van der Waals surface area (Å²) in [5, 5.41) is 9.27. The Labute approximate surface area is 96.6 Å². The summed E-state index contributed by atoms with van der Waals surface area (Å²) in [7, 11) is 0. The Morgan fingerprint density at radius 1 is 1.56 bits per heavy atom. The second kappa shape index (κ2) is 3.62. The number of nitrogens with zero attached hydrogens (tertiary/aromatic N) is 1. The summed E-state index contributed by atoms with van der Waals surface area (Å²) in [6.45, 7) is 7.36.